The third-order valence-electron chi connectivity index (χ3n) is 18.5. The Morgan fingerprint density at radius 2 is 1.18 bits per heavy atom. The van der Waals surface area contributed by atoms with Crippen LogP contribution in [0.1, 0.15) is 106 Å². The van der Waals surface area contributed by atoms with Crippen molar-refractivity contribution in [1.29, 1.82) is 0 Å². The predicted octanol–water partition coefficient (Wildman–Crippen LogP) is 4.98. The Bertz CT molecular complexity index is 3500. The summed E-state index contributed by atoms with van der Waals surface area (Å²) in [6, 6.07) is 26.5. The highest BCUT2D eigenvalue weighted by Crippen LogP contribution is 2.38. The number of fused-ring (bicyclic) bond motifs is 3. The minimum atomic E-state index is -4.23. The van der Waals surface area contributed by atoms with Crippen molar-refractivity contribution in [2.75, 3.05) is 73.9 Å². The van der Waals surface area contributed by atoms with E-state index in [-0.39, 0.29) is 108 Å². The van der Waals surface area contributed by atoms with Crippen LogP contribution >= 0.6 is 0 Å². The summed E-state index contributed by atoms with van der Waals surface area (Å²) in [5.41, 5.74) is 0.994. The van der Waals surface area contributed by atoms with Crippen molar-refractivity contribution < 1.29 is 98.0 Å². The first-order valence-corrected chi connectivity index (χ1v) is 34.9. The highest BCUT2D eigenvalue weighted by atomic mass is 32.2. The summed E-state index contributed by atoms with van der Waals surface area (Å²) in [4.78, 5) is 53.3. The summed E-state index contributed by atoms with van der Waals surface area (Å²) in [6.45, 7) is 16.6. The zero-order valence-electron chi connectivity index (χ0n) is 55.3. The third-order valence-corrected chi connectivity index (χ3v) is 22.1. The van der Waals surface area contributed by atoms with E-state index in [9.17, 15) is 46.1 Å². The van der Waals surface area contributed by atoms with Crippen LogP contribution in [0, 0.1) is 29.6 Å². The number of aliphatic hydroxyl groups excluding tert-OH is 1. The maximum Gasteiger partial charge on any atom is 0.563 e. The number of carbonyl (C=O) groups is 4. The molecule has 6 heterocycles. The van der Waals surface area contributed by atoms with Gasteiger partial charge in [0.25, 0.3) is 0 Å². The van der Waals surface area contributed by atoms with E-state index in [0.717, 1.165) is 24.0 Å². The number of hydrogen-bond acceptors (Lipinski definition) is 21. The molecule has 0 aromatic heterocycles. The second-order valence-corrected chi connectivity index (χ2v) is 30.5. The molecule has 4 aromatic rings. The van der Waals surface area contributed by atoms with E-state index >= 15 is 0 Å². The van der Waals surface area contributed by atoms with Gasteiger partial charge in [0.05, 0.1) is 102 Å². The molecule has 24 nitrogen and oxygen atoms in total. The Hall–Kier alpha value is -5.85. The molecule has 0 radical (unpaired) electrons. The van der Waals surface area contributed by atoms with Crippen molar-refractivity contribution in [2.45, 2.75) is 152 Å². The monoisotopic (exact) mass is 1350 g/mol. The lowest BCUT2D eigenvalue weighted by atomic mass is 9.76. The Morgan fingerprint density at radius 3 is 1.71 bits per heavy atom. The highest BCUT2D eigenvalue weighted by Gasteiger charge is 2.53. The lowest BCUT2D eigenvalue weighted by molar-refractivity contribution is -0.153. The van der Waals surface area contributed by atoms with Gasteiger partial charge in [0.2, 0.25) is 20.0 Å². The number of likely N-dealkylation sites (N-methyl/N-ethyl adjacent to an activating group) is 1. The Morgan fingerprint density at radius 1 is 0.670 bits per heavy atom. The molecule has 0 aliphatic carbocycles. The topological polar surface area (TPSA) is 288 Å². The zero-order chi connectivity index (χ0) is 68.0. The highest BCUT2D eigenvalue weighted by molar-refractivity contribution is 7.89. The minimum Gasteiger partial charge on any atom is -0.502 e. The molecule has 6 aliphatic rings. The van der Waals surface area contributed by atoms with Gasteiger partial charge in [0, 0.05) is 51.7 Å². The largest absolute Gasteiger partial charge is 0.563 e. The molecule has 0 saturated carbocycles. The lowest BCUT2D eigenvalue weighted by Crippen LogP contribution is -2.53. The van der Waals surface area contributed by atoms with E-state index < -0.39 is 106 Å². The predicted molar refractivity (Wildman–Crippen MR) is 345 cm³/mol. The van der Waals surface area contributed by atoms with Crippen LogP contribution in [-0.4, -0.2) is 207 Å². The summed E-state index contributed by atoms with van der Waals surface area (Å²) >= 11 is 0. The second kappa shape index (κ2) is 30.7. The lowest BCUT2D eigenvalue weighted by Gasteiger charge is -2.37. The fraction of sp³-hybridized carbons (Fsp3) is 0.576. The second-order valence-electron chi connectivity index (χ2n) is 26.6. The van der Waals surface area contributed by atoms with Gasteiger partial charge in [-0.3, -0.25) is 4.79 Å². The molecular weight excluding hydrogens is 1260 g/mol. The van der Waals surface area contributed by atoms with Crippen LogP contribution in [0.2, 0.25) is 0 Å². The van der Waals surface area contributed by atoms with Crippen LogP contribution in [0.25, 0.3) is 0 Å². The van der Waals surface area contributed by atoms with Crippen LogP contribution in [0.5, 0.6) is 0 Å². The molecular formula is C66H89B2N3O21S2. The molecule has 5 saturated heterocycles. The van der Waals surface area contributed by atoms with E-state index in [4.69, 9.17) is 51.9 Å². The maximum absolute atomic E-state index is 14.6. The first-order chi connectivity index (χ1) is 44.5. The van der Waals surface area contributed by atoms with Crippen molar-refractivity contribution >= 4 is 69.2 Å². The number of methoxy groups -OCH3 is 2. The molecule has 0 spiro atoms. The summed E-state index contributed by atoms with van der Waals surface area (Å²) < 4.78 is 122. The first-order valence-electron chi connectivity index (χ1n) is 32.0. The number of rotatable bonds is 26. The normalized spacial score (nSPS) is 23.3. The van der Waals surface area contributed by atoms with Crippen LogP contribution in [0.15, 0.2) is 107 Å². The zero-order valence-corrected chi connectivity index (χ0v) is 57.0. The number of hydrogen-bond donors (Lipinski definition) is 2. The van der Waals surface area contributed by atoms with Gasteiger partial charge in [0.15, 0.2) is 12.6 Å². The van der Waals surface area contributed by atoms with E-state index in [0.29, 0.717) is 31.5 Å². The van der Waals surface area contributed by atoms with Gasteiger partial charge in [-0.1, -0.05) is 100 Å². The summed E-state index contributed by atoms with van der Waals surface area (Å²) in [5, 5.41) is 21.4. The maximum atomic E-state index is 14.6. The van der Waals surface area contributed by atoms with Crippen LogP contribution in [-0.2, 0) is 89.5 Å². The standard InChI is InChI=1S/C37H53BN2O11S.C29H36BNO10S/c1-24(2)21-40(52(43,44)26-15-16-29(28(20-26)33(41)46-9)38-50-36(3,4)37(5,6)51-38)22-31(45-8)30(19-25-13-11-10-12-14-25)39(7)35(42)49-32-23-48-34-27(32)17-18-47-34;1-18(2)15-31(42(36,37)21-8-9-24-23(14-21)28(34)41-30(24)35)16-25(32)20(12-19-6-4-3-5-7-19)13-27(33)40-26-17-39-29-22(26)10-11-38-29/h10-16,20,24,27,30-32,34H,17-19,21-23H2,1-9H3;3-9,14,18,20,22,25-26,29,32,35H,10-13,15-17H2,1-2H3/t27-,30-,31+,32-,34+;20-,22+,25-,26+,29-/m01/s1. The molecule has 5 fully saturated rings. The Kier molecular flexibility index (Phi) is 23.7. The fourth-order valence-electron chi connectivity index (χ4n) is 12.5. The van der Waals surface area contributed by atoms with E-state index in [1.54, 1.807) is 7.05 Å². The summed E-state index contributed by atoms with van der Waals surface area (Å²) in [7, 11) is -6.40. The van der Waals surface area contributed by atoms with E-state index in [2.05, 4.69) is 0 Å². The van der Waals surface area contributed by atoms with Gasteiger partial charge in [-0.05, 0) is 106 Å². The van der Waals surface area contributed by atoms with Crippen LogP contribution in [0.3, 0.4) is 0 Å². The molecule has 0 bridgehead atoms. The Labute approximate surface area is 552 Å². The smallest absolute Gasteiger partial charge is 0.502 e. The SMILES string of the molecule is CC(C)CN(C[C@@H](O)[C@@H](CC(=O)O[C@H]1CO[C@H]2OCC[C@H]21)Cc1ccccc1)S(=O)(=O)c1ccc2c(c1)C(=O)OB2O.COC(=O)c1cc(S(=O)(=O)N(CC(C)C)C[C@@H](OC)[C@H](Cc2ccccc2)N(C)C(=O)O[C@H]2CO[C@H]3OCC[C@H]32)ccc1B1OC(C)(C)C(C)(C)O1. The van der Waals surface area contributed by atoms with Crippen molar-refractivity contribution in [3.63, 3.8) is 0 Å². The molecule has 512 valence electrons. The Balaban J connectivity index is 0.000000226. The number of amides is 1. The molecule has 10 rings (SSSR count). The summed E-state index contributed by atoms with van der Waals surface area (Å²) in [5.74, 6) is -2.90. The van der Waals surface area contributed by atoms with Crippen molar-refractivity contribution in [1.82, 2.24) is 13.5 Å². The molecule has 28 heteroatoms. The molecule has 6 aliphatic heterocycles. The number of aliphatic hydroxyl groups is 1. The first kappa shape index (κ1) is 72.4. The average molecular weight is 1350 g/mol. The summed E-state index contributed by atoms with van der Waals surface area (Å²) in [6.07, 6.45) is -2.15. The number of carbonyl (C=O) groups excluding carboxylic acids is 4. The van der Waals surface area contributed by atoms with Gasteiger partial charge in [-0.15, -0.1) is 0 Å². The molecule has 0 unspecified atom stereocenters. The molecule has 10 atom stereocenters. The van der Waals surface area contributed by atoms with Crippen LogP contribution in [0.4, 0.5) is 4.79 Å². The number of sulfonamides is 2. The number of esters is 2. The molecule has 1 amide bonds. The van der Waals surface area contributed by atoms with Gasteiger partial charge in [-0.25, -0.2) is 31.2 Å². The van der Waals surface area contributed by atoms with Crippen molar-refractivity contribution in [3.8, 4) is 0 Å². The van der Waals surface area contributed by atoms with Gasteiger partial charge >= 0.3 is 38.2 Å². The molecule has 2 N–H and O–H groups in total. The molecule has 4 aromatic carbocycles. The third kappa shape index (κ3) is 16.7. The number of ether oxygens (including phenoxy) is 8. The van der Waals surface area contributed by atoms with Gasteiger partial charge in [-0.2, -0.15) is 8.61 Å². The number of benzene rings is 4. The van der Waals surface area contributed by atoms with E-state index in [1.807, 2.05) is 116 Å². The molecule has 94 heavy (non-hydrogen) atoms. The quantitative estimate of drug-likeness (QED) is 0.0476. The van der Waals surface area contributed by atoms with Crippen molar-refractivity contribution in [3.05, 3.63) is 119 Å². The van der Waals surface area contributed by atoms with Gasteiger partial charge in [0.1, 0.15) is 12.2 Å². The number of nitrogens with zero attached hydrogens (tertiary/aromatic N) is 3. The fourth-order valence-corrected chi connectivity index (χ4v) is 15.8. The van der Waals surface area contributed by atoms with Crippen LogP contribution < -0.4 is 10.9 Å². The van der Waals surface area contributed by atoms with Gasteiger partial charge < -0.3 is 66.9 Å². The van der Waals surface area contributed by atoms with Crippen molar-refractivity contribution in [2.24, 2.45) is 29.6 Å². The average Bonchev–Trinajstić information content (AvgIpc) is 1.50. The minimum absolute atomic E-state index is 0.0186. The van der Waals surface area contributed by atoms with E-state index in [1.165, 1.54) is 64.1 Å².